The Balaban J connectivity index is 1.78. The van der Waals surface area contributed by atoms with Crippen molar-refractivity contribution in [1.29, 1.82) is 0 Å². The third-order valence-corrected chi connectivity index (χ3v) is 5.69. The van der Waals surface area contributed by atoms with Gasteiger partial charge in [0.1, 0.15) is 17.3 Å². The quantitative estimate of drug-likeness (QED) is 0.283. The van der Waals surface area contributed by atoms with Gasteiger partial charge in [-0.15, -0.1) is 0 Å². The van der Waals surface area contributed by atoms with Crippen LogP contribution in [0.3, 0.4) is 0 Å². The second-order valence-electron chi connectivity index (χ2n) is 7.89. The molecule has 1 heterocycles. The van der Waals surface area contributed by atoms with E-state index >= 15 is 0 Å². The number of rotatable bonds is 8. The number of halogens is 2. The van der Waals surface area contributed by atoms with Crippen LogP contribution in [0.25, 0.3) is 11.3 Å². The third-order valence-electron chi connectivity index (χ3n) is 5.38. The van der Waals surface area contributed by atoms with E-state index < -0.39 is 5.82 Å². The molecule has 0 saturated carbocycles. The molecule has 0 N–H and O–H groups in total. The van der Waals surface area contributed by atoms with Crippen LogP contribution in [0.1, 0.15) is 29.3 Å². The smallest absolute Gasteiger partial charge is 0.254 e. The molecule has 0 spiro atoms. The van der Waals surface area contributed by atoms with E-state index in [1.165, 1.54) is 18.2 Å². The van der Waals surface area contributed by atoms with E-state index in [2.05, 4.69) is 0 Å². The van der Waals surface area contributed by atoms with Gasteiger partial charge in [0.05, 0.1) is 17.1 Å². The van der Waals surface area contributed by atoms with Crippen LogP contribution in [0.4, 0.5) is 4.39 Å². The van der Waals surface area contributed by atoms with Gasteiger partial charge in [-0.05, 0) is 36.8 Å². The third kappa shape index (κ3) is 5.13. The van der Waals surface area contributed by atoms with Crippen LogP contribution in [0.15, 0.2) is 78.9 Å². The Bertz CT molecular complexity index is 1290. The summed E-state index contributed by atoms with van der Waals surface area (Å²) in [7, 11) is 1.79. The number of carbonyl (C=O) groups is 1. The first-order chi connectivity index (χ1) is 16.5. The van der Waals surface area contributed by atoms with Gasteiger partial charge in [-0.25, -0.2) is 9.07 Å². The summed E-state index contributed by atoms with van der Waals surface area (Å²) in [5.74, 6) is 0.274. The Morgan fingerprint density at radius 1 is 1.06 bits per heavy atom. The number of nitrogens with zero attached hydrogens (tertiary/aromatic N) is 3. The van der Waals surface area contributed by atoms with Crippen LogP contribution in [-0.4, -0.2) is 27.1 Å². The molecule has 5 nitrogen and oxygen atoms in total. The molecule has 0 unspecified atom stereocenters. The van der Waals surface area contributed by atoms with Crippen LogP contribution in [0.2, 0.25) is 5.02 Å². The molecule has 3 aromatic carbocycles. The van der Waals surface area contributed by atoms with E-state index in [1.807, 2.05) is 49.4 Å². The fourth-order valence-electron chi connectivity index (χ4n) is 3.80. The molecule has 1 amide bonds. The molecule has 0 saturated heterocycles. The number of benzene rings is 3. The molecule has 1 aromatic heterocycles. The molecule has 0 atom stereocenters. The number of para-hydroxylation sites is 1. The van der Waals surface area contributed by atoms with Crippen LogP contribution >= 0.6 is 11.6 Å². The van der Waals surface area contributed by atoms with Crippen molar-refractivity contribution in [2.24, 2.45) is 7.05 Å². The van der Waals surface area contributed by atoms with Crippen molar-refractivity contribution >= 4 is 17.5 Å². The highest BCUT2D eigenvalue weighted by molar-refractivity contribution is 6.32. The lowest BCUT2D eigenvalue weighted by molar-refractivity contribution is 0.0742. The van der Waals surface area contributed by atoms with Crippen molar-refractivity contribution in [2.45, 2.75) is 19.9 Å². The number of aromatic nitrogens is 2. The van der Waals surface area contributed by atoms with E-state index in [9.17, 15) is 9.18 Å². The fraction of sp³-hybridized carbons (Fsp3) is 0.185. The van der Waals surface area contributed by atoms with Crippen molar-refractivity contribution in [3.8, 4) is 22.9 Å². The molecule has 0 bridgehead atoms. The molecular weight excluding hydrogens is 453 g/mol. The molecule has 0 aliphatic heterocycles. The summed E-state index contributed by atoms with van der Waals surface area (Å²) >= 11 is 6.35. The summed E-state index contributed by atoms with van der Waals surface area (Å²) in [5, 5.41) is 5.19. The maximum atomic E-state index is 13.8. The largest absolute Gasteiger partial charge is 0.437 e. The van der Waals surface area contributed by atoms with E-state index in [1.54, 1.807) is 34.8 Å². The number of carbonyl (C=O) groups excluding carboxylic acids is 1. The van der Waals surface area contributed by atoms with Crippen molar-refractivity contribution < 1.29 is 13.9 Å². The second kappa shape index (κ2) is 10.5. The summed E-state index contributed by atoms with van der Waals surface area (Å²) < 4.78 is 21.7. The van der Waals surface area contributed by atoms with Gasteiger partial charge in [0.25, 0.3) is 5.91 Å². The Morgan fingerprint density at radius 3 is 2.50 bits per heavy atom. The Hall–Kier alpha value is -3.64. The first-order valence-electron chi connectivity index (χ1n) is 11.1. The van der Waals surface area contributed by atoms with Gasteiger partial charge in [0, 0.05) is 24.7 Å². The predicted molar refractivity (Wildman–Crippen MR) is 132 cm³/mol. The maximum Gasteiger partial charge on any atom is 0.254 e. The van der Waals surface area contributed by atoms with E-state index in [4.69, 9.17) is 21.4 Å². The maximum absolute atomic E-state index is 13.8. The lowest BCUT2D eigenvalue weighted by Gasteiger charge is -2.23. The zero-order valence-electron chi connectivity index (χ0n) is 19.0. The van der Waals surface area contributed by atoms with Gasteiger partial charge in [0.2, 0.25) is 5.88 Å². The number of hydrogen-bond donors (Lipinski definition) is 0. The van der Waals surface area contributed by atoms with Crippen LogP contribution < -0.4 is 4.74 Å². The zero-order valence-corrected chi connectivity index (χ0v) is 19.8. The zero-order chi connectivity index (χ0) is 24.1. The minimum absolute atomic E-state index is 0.237. The minimum atomic E-state index is -0.448. The summed E-state index contributed by atoms with van der Waals surface area (Å²) in [5.41, 5.74) is 2.65. The van der Waals surface area contributed by atoms with E-state index in [0.29, 0.717) is 34.5 Å². The van der Waals surface area contributed by atoms with Crippen molar-refractivity contribution in [3.63, 3.8) is 0 Å². The van der Waals surface area contributed by atoms with E-state index in [0.717, 1.165) is 17.5 Å². The molecule has 0 aliphatic carbocycles. The molecule has 0 aliphatic rings. The molecular formula is C27H25ClFN3O2. The minimum Gasteiger partial charge on any atom is -0.437 e. The topological polar surface area (TPSA) is 47.4 Å². The Morgan fingerprint density at radius 2 is 1.79 bits per heavy atom. The van der Waals surface area contributed by atoms with E-state index in [-0.39, 0.29) is 12.5 Å². The predicted octanol–water partition coefficient (Wildman–Crippen LogP) is 6.72. The van der Waals surface area contributed by atoms with Gasteiger partial charge in [-0.2, -0.15) is 5.10 Å². The molecule has 0 radical (unpaired) electrons. The van der Waals surface area contributed by atoms with Gasteiger partial charge in [-0.3, -0.25) is 4.79 Å². The highest BCUT2D eigenvalue weighted by atomic mass is 35.5. The normalized spacial score (nSPS) is 10.8. The van der Waals surface area contributed by atoms with Crippen molar-refractivity contribution in [3.05, 3.63) is 101 Å². The Kier molecular flexibility index (Phi) is 7.28. The van der Waals surface area contributed by atoms with Crippen LogP contribution in [0, 0.1) is 5.82 Å². The Labute approximate surface area is 203 Å². The van der Waals surface area contributed by atoms with Crippen LogP contribution in [-0.2, 0) is 13.6 Å². The molecule has 34 heavy (non-hydrogen) atoms. The number of ether oxygens (including phenoxy) is 1. The van der Waals surface area contributed by atoms with Crippen molar-refractivity contribution in [1.82, 2.24) is 14.7 Å². The first kappa shape index (κ1) is 23.5. The highest BCUT2D eigenvalue weighted by Crippen LogP contribution is 2.36. The molecule has 4 aromatic rings. The highest BCUT2D eigenvalue weighted by Gasteiger charge is 2.25. The summed E-state index contributed by atoms with van der Waals surface area (Å²) in [4.78, 5) is 15.0. The molecule has 4 rings (SSSR count). The second-order valence-corrected chi connectivity index (χ2v) is 8.30. The van der Waals surface area contributed by atoms with Gasteiger partial charge < -0.3 is 9.64 Å². The number of hydrogen-bond acceptors (Lipinski definition) is 3. The van der Waals surface area contributed by atoms with Crippen LogP contribution in [0.5, 0.6) is 11.6 Å². The average Bonchev–Trinajstić information content (AvgIpc) is 3.15. The summed E-state index contributed by atoms with van der Waals surface area (Å²) in [6.45, 7) is 2.72. The van der Waals surface area contributed by atoms with Gasteiger partial charge in [0.15, 0.2) is 0 Å². The lowest BCUT2D eigenvalue weighted by Crippen LogP contribution is -2.31. The lowest BCUT2D eigenvalue weighted by atomic mass is 10.1. The molecule has 7 heteroatoms. The number of aryl methyl sites for hydroxylation is 1. The van der Waals surface area contributed by atoms with Crippen molar-refractivity contribution in [2.75, 3.05) is 6.54 Å². The summed E-state index contributed by atoms with van der Waals surface area (Å²) in [6, 6.07) is 22.7. The van der Waals surface area contributed by atoms with Gasteiger partial charge >= 0.3 is 0 Å². The average molecular weight is 478 g/mol. The standard InChI is InChI=1S/C27H25ClFN3O2/c1-3-16-32(26(33)20-12-9-13-21(29)17-20)18-22-25(19-10-5-4-6-11-19)30-31(2)27(22)34-24-15-8-7-14-23(24)28/h4-15,17H,3,16,18H2,1-2H3. The molecule has 0 fully saturated rings. The monoisotopic (exact) mass is 477 g/mol. The summed E-state index contributed by atoms with van der Waals surface area (Å²) in [6.07, 6.45) is 0.739. The SMILES string of the molecule is CCCN(Cc1c(-c2ccccc2)nn(C)c1Oc1ccccc1Cl)C(=O)c1cccc(F)c1. The molecule has 174 valence electrons. The van der Waals surface area contributed by atoms with Gasteiger partial charge in [-0.1, -0.05) is 67.1 Å². The number of amides is 1. The first-order valence-corrected chi connectivity index (χ1v) is 11.4. The fourth-order valence-corrected chi connectivity index (χ4v) is 3.97.